The number of benzene rings is 2. The molecule has 35 heavy (non-hydrogen) atoms. The second-order valence-corrected chi connectivity index (χ2v) is 8.74. The van der Waals surface area contributed by atoms with Crippen molar-refractivity contribution in [2.45, 2.75) is 24.3 Å². The molecule has 0 radical (unpaired) electrons. The monoisotopic (exact) mass is 495 g/mol. The second kappa shape index (κ2) is 10.5. The molecule has 0 unspecified atom stereocenters. The van der Waals surface area contributed by atoms with Crippen LogP contribution in [0.4, 0.5) is 5.69 Å². The van der Waals surface area contributed by atoms with Crippen LogP contribution in [0.25, 0.3) is 11.3 Å². The zero-order valence-corrected chi connectivity index (χ0v) is 20.5. The second-order valence-electron chi connectivity index (χ2n) is 7.43. The number of ether oxygens (including phenoxy) is 3. The average molecular weight is 496 g/mol. The summed E-state index contributed by atoms with van der Waals surface area (Å²) in [6, 6.07) is 12.3. The van der Waals surface area contributed by atoms with Crippen LogP contribution in [0.3, 0.4) is 0 Å². The molecule has 4 aromatic rings. The van der Waals surface area contributed by atoms with Gasteiger partial charge in [0, 0.05) is 42.0 Å². The van der Waals surface area contributed by atoms with Gasteiger partial charge in [0.1, 0.15) is 17.2 Å². The molecule has 0 spiro atoms. The maximum atomic E-state index is 13.0. The molecule has 2 aromatic carbocycles. The minimum Gasteiger partial charge on any atom is -0.497 e. The first-order chi connectivity index (χ1) is 16.9. The Morgan fingerprint density at radius 3 is 2.34 bits per heavy atom. The van der Waals surface area contributed by atoms with Gasteiger partial charge in [-0.2, -0.15) is 0 Å². The predicted octanol–water partition coefficient (Wildman–Crippen LogP) is 3.42. The number of rotatable bonds is 9. The highest BCUT2D eigenvalue weighted by Crippen LogP contribution is 2.27. The topological polar surface area (TPSA) is 109 Å². The number of anilines is 1. The summed E-state index contributed by atoms with van der Waals surface area (Å²) in [5, 5.41) is 11.0. The van der Waals surface area contributed by atoms with Crippen LogP contribution < -0.4 is 25.1 Å². The van der Waals surface area contributed by atoms with E-state index in [1.54, 1.807) is 80.4 Å². The molecule has 0 bridgehead atoms. The van der Waals surface area contributed by atoms with Gasteiger partial charge in [0.15, 0.2) is 5.16 Å². The molecular weight excluding hydrogens is 470 g/mol. The summed E-state index contributed by atoms with van der Waals surface area (Å²) in [7, 11) is 3.08. The number of aromatic nitrogens is 4. The number of nitrogens with one attached hydrogen (secondary N) is 1. The van der Waals surface area contributed by atoms with Crippen molar-refractivity contribution >= 4 is 29.0 Å². The van der Waals surface area contributed by atoms with Crippen molar-refractivity contribution < 1.29 is 19.0 Å². The molecule has 0 saturated carbocycles. The molecule has 10 nitrogen and oxygen atoms in total. The van der Waals surface area contributed by atoms with Gasteiger partial charge in [0.25, 0.3) is 0 Å². The molecule has 11 heteroatoms. The number of carbonyl (C=O) groups is 1. The minimum absolute atomic E-state index is 0.161. The molecule has 4 rings (SSSR count). The lowest BCUT2D eigenvalue weighted by Crippen LogP contribution is -2.23. The van der Waals surface area contributed by atoms with Crippen LogP contribution >= 0.6 is 11.8 Å². The highest BCUT2D eigenvalue weighted by molar-refractivity contribution is 8.00. The van der Waals surface area contributed by atoms with Gasteiger partial charge in [-0.25, -0.2) is 0 Å². The smallest absolute Gasteiger partial charge is 0.300 e. The van der Waals surface area contributed by atoms with Crippen LogP contribution in [-0.2, 0) is 4.79 Å². The highest BCUT2D eigenvalue weighted by Gasteiger charge is 2.20. The molecule has 182 valence electrons. The lowest BCUT2D eigenvalue weighted by atomic mass is 10.2. The van der Waals surface area contributed by atoms with E-state index in [0.717, 1.165) is 5.75 Å². The van der Waals surface area contributed by atoms with E-state index in [1.807, 2.05) is 6.92 Å². The van der Waals surface area contributed by atoms with Gasteiger partial charge in [0.2, 0.25) is 11.6 Å². The Labute approximate surface area is 205 Å². The van der Waals surface area contributed by atoms with Crippen molar-refractivity contribution in [3.05, 3.63) is 65.2 Å². The number of amides is 1. The zero-order chi connectivity index (χ0) is 24.9. The van der Waals surface area contributed by atoms with Crippen molar-refractivity contribution in [1.29, 1.82) is 0 Å². The summed E-state index contributed by atoms with van der Waals surface area (Å²) >= 11 is 1.19. The molecule has 0 aliphatic heterocycles. The number of hydrogen-bond donors (Lipinski definition) is 1. The van der Waals surface area contributed by atoms with Gasteiger partial charge < -0.3 is 19.5 Å². The molecule has 0 fully saturated rings. The van der Waals surface area contributed by atoms with Crippen LogP contribution in [0, 0.1) is 0 Å². The molecule has 2 heterocycles. The summed E-state index contributed by atoms with van der Waals surface area (Å²) in [6.07, 6.45) is 3.35. The number of hydrogen-bond acceptors (Lipinski definition) is 8. The van der Waals surface area contributed by atoms with Crippen molar-refractivity contribution in [3.8, 4) is 22.9 Å². The summed E-state index contributed by atoms with van der Waals surface area (Å²) < 4.78 is 19.0. The molecule has 0 aliphatic carbocycles. The van der Waals surface area contributed by atoms with Crippen LogP contribution in [0.15, 0.2) is 64.8 Å². The first-order valence-electron chi connectivity index (χ1n) is 10.8. The van der Waals surface area contributed by atoms with Crippen molar-refractivity contribution in [2.75, 3.05) is 26.1 Å². The van der Waals surface area contributed by atoms with E-state index in [-0.39, 0.29) is 17.1 Å². The van der Waals surface area contributed by atoms with Crippen LogP contribution in [-0.4, -0.2) is 51.1 Å². The maximum Gasteiger partial charge on any atom is 0.300 e. The zero-order valence-electron chi connectivity index (χ0n) is 19.7. The van der Waals surface area contributed by atoms with E-state index in [2.05, 4.69) is 15.5 Å². The Bertz CT molecular complexity index is 1380. The van der Waals surface area contributed by atoms with E-state index in [9.17, 15) is 9.59 Å². The number of methoxy groups -OCH3 is 2. The summed E-state index contributed by atoms with van der Waals surface area (Å²) in [5.41, 5.74) is 1.06. The normalized spacial score (nSPS) is 11.8. The quantitative estimate of drug-likeness (QED) is 0.352. The van der Waals surface area contributed by atoms with Gasteiger partial charge in [-0.3, -0.25) is 18.6 Å². The first-order valence-corrected chi connectivity index (χ1v) is 11.7. The van der Waals surface area contributed by atoms with E-state index in [0.29, 0.717) is 34.6 Å². The van der Waals surface area contributed by atoms with E-state index >= 15 is 0 Å². The lowest BCUT2D eigenvalue weighted by Gasteiger charge is -2.13. The molecule has 1 atom stereocenters. The van der Waals surface area contributed by atoms with Crippen LogP contribution in [0.1, 0.15) is 13.8 Å². The first kappa shape index (κ1) is 24.1. The van der Waals surface area contributed by atoms with Gasteiger partial charge in [-0.1, -0.05) is 11.8 Å². The Kier molecular flexibility index (Phi) is 7.25. The van der Waals surface area contributed by atoms with Crippen molar-refractivity contribution in [2.24, 2.45) is 0 Å². The predicted molar refractivity (Wildman–Crippen MR) is 133 cm³/mol. The van der Waals surface area contributed by atoms with Gasteiger partial charge in [0.05, 0.1) is 26.1 Å². The fourth-order valence-corrected chi connectivity index (χ4v) is 4.19. The number of fused-ring (bicyclic) bond motifs is 1. The number of carbonyl (C=O) groups excluding carboxylic acids is 1. The van der Waals surface area contributed by atoms with Crippen molar-refractivity contribution in [3.63, 3.8) is 0 Å². The maximum absolute atomic E-state index is 13.0. The molecular formula is C24H25N5O5S. The molecule has 2 aromatic heterocycles. The van der Waals surface area contributed by atoms with Crippen LogP contribution in [0.5, 0.6) is 17.2 Å². The van der Waals surface area contributed by atoms with E-state index in [1.165, 1.54) is 16.3 Å². The third-order valence-electron chi connectivity index (χ3n) is 5.14. The lowest BCUT2D eigenvalue weighted by molar-refractivity contribution is -0.115. The van der Waals surface area contributed by atoms with E-state index < -0.39 is 5.25 Å². The Balaban J connectivity index is 1.52. The summed E-state index contributed by atoms with van der Waals surface area (Å²) in [4.78, 5) is 25.8. The fourth-order valence-electron chi connectivity index (χ4n) is 3.35. The standard InChI is InChI=1S/C24H25N5O5S/c1-5-34-18-8-6-17(7-9-18)28-10-11-29-21(23(28)31)26-27-24(29)35-15(2)22(30)25-16-12-19(32-3)14-20(13-16)33-4/h6-15H,5H2,1-4H3,(H,25,30)/t15-/m1/s1. The van der Waals surface area contributed by atoms with E-state index in [4.69, 9.17) is 14.2 Å². The summed E-state index contributed by atoms with van der Waals surface area (Å²) in [6.45, 7) is 4.23. The third kappa shape index (κ3) is 5.24. The molecule has 1 amide bonds. The van der Waals surface area contributed by atoms with Gasteiger partial charge in [-0.15, -0.1) is 10.2 Å². The number of nitrogens with zero attached hydrogens (tertiary/aromatic N) is 4. The van der Waals surface area contributed by atoms with Crippen LogP contribution in [0.2, 0.25) is 0 Å². The van der Waals surface area contributed by atoms with Gasteiger partial charge in [-0.05, 0) is 38.1 Å². The number of thioether (sulfide) groups is 1. The Hall–Kier alpha value is -3.99. The fraction of sp³-hybridized carbons (Fsp3) is 0.250. The Morgan fingerprint density at radius 1 is 1.03 bits per heavy atom. The summed E-state index contributed by atoms with van der Waals surface area (Å²) in [5.74, 6) is 1.61. The molecule has 1 N–H and O–H groups in total. The third-order valence-corrected chi connectivity index (χ3v) is 6.19. The minimum atomic E-state index is -0.520. The SMILES string of the molecule is CCOc1ccc(-n2ccn3c(S[C@H](C)C(=O)Nc4cc(OC)cc(OC)c4)nnc3c2=O)cc1. The highest BCUT2D eigenvalue weighted by atomic mass is 32.2. The van der Waals surface area contributed by atoms with Crippen molar-refractivity contribution in [1.82, 2.24) is 19.2 Å². The molecule has 0 aliphatic rings. The molecule has 0 saturated heterocycles. The average Bonchev–Trinajstić information content (AvgIpc) is 3.28. The largest absolute Gasteiger partial charge is 0.497 e. The Morgan fingerprint density at radius 2 is 1.71 bits per heavy atom. The van der Waals surface area contributed by atoms with Gasteiger partial charge >= 0.3 is 5.56 Å².